The summed E-state index contributed by atoms with van der Waals surface area (Å²) in [6, 6.07) is 0. The van der Waals surface area contributed by atoms with Crippen molar-refractivity contribution in [1.29, 1.82) is 0 Å². The monoisotopic (exact) mass is 219 g/mol. The summed E-state index contributed by atoms with van der Waals surface area (Å²) in [4.78, 5) is 20.5. The standard InChI is InChI=1S/C4H7NO5S.K/c1-3(6)2-4(7)5-11(8,9)10;/h2H2,1H3,(H,5,7)(H,8,9,10);/q;+1/p-1. The van der Waals surface area contributed by atoms with E-state index < -0.39 is 28.4 Å². The molecule has 64 valence electrons. The number of carbonyl (C=O) groups is 2. The van der Waals surface area contributed by atoms with Crippen LogP contribution in [0.1, 0.15) is 13.3 Å². The second-order valence-electron chi connectivity index (χ2n) is 1.86. The van der Waals surface area contributed by atoms with Crippen LogP contribution in [0.25, 0.3) is 0 Å². The molecule has 8 heteroatoms. The van der Waals surface area contributed by atoms with Crippen LogP contribution < -0.4 is 56.1 Å². The van der Waals surface area contributed by atoms with Crippen LogP contribution in [0.2, 0.25) is 0 Å². The van der Waals surface area contributed by atoms with E-state index in [2.05, 4.69) is 0 Å². The van der Waals surface area contributed by atoms with Gasteiger partial charge in [0.25, 0.3) is 0 Å². The largest absolute Gasteiger partial charge is 1.00 e. The first-order valence-corrected chi connectivity index (χ1v) is 3.98. The first-order chi connectivity index (χ1) is 4.81. The third kappa shape index (κ3) is 10.7. The molecule has 12 heavy (non-hydrogen) atoms. The average Bonchev–Trinajstić information content (AvgIpc) is 1.53. The molecule has 0 fully saturated rings. The Hall–Kier alpha value is 0.686. The van der Waals surface area contributed by atoms with Crippen molar-refractivity contribution in [1.82, 2.24) is 4.72 Å². The summed E-state index contributed by atoms with van der Waals surface area (Å²) in [7, 11) is -4.77. The Morgan fingerprint density at radius 2 is 1.83 bits per heavy atom. The first-order valence-electron chi connectivity index (χ1n) is 2.57. The van der Waals surface area contributed by atoms with E-state index in [0.717, 1.165) is 11.6 Å². The number of hydrogen-bond acceptors (Lipinski definition) is 5. The van der Waals surface area contributed by atoms with Gasteiger partial charge in [0.1, 0.15) is 5.78 Å². The Kier molecular flexibility index (Phi) is 7.82. The van der Waals surface area contributed by atoms with Gasteiger partial charge in [-0.1, -0.05) is 0 Å². The van der Waals surface area contributed by atoms with Gasteiger partial charge in [-0.3, -0.25) is 14.3 Å². The number of rotatable bonds is 3. The molecule has 0 bridgehead atoms. The Bertz CT molecular complexity index is 271. The van der Waals surface area contributed by atoms with Crippen LogP contribution in [-0.2, 0) is 19.9 Å². The molecule has 0 radical (unpaired) electrons. The van der Waals surface area contributed by atoms with Crippen molar-refractivity contribution in [3.63, 3.8) is 0 Å². The summed E-state index contributed by atoms with van der Waals surface area (Å²) in [6.45, 7) is 1.11. The third-order valence-electron chi connectivity index (χ3n) is 0.648. The summed E-state index contributed by atoms with van der Waals surface area (Å²) >= 11 is 0. The summed E-state index contributed by atoms with van der Waals surface area (Å²) < 4.78 is 30.6. The average molecular weight is 219 g/mol. The molecule has 0 saturated carbocycles. The van der Waals surface area contributed by atoms with Crippen LogP contribution in [0.5, 0.6) is 0 Å². The van der Waals surface area contributed by atoms with Crippen molar-refractivity contribution in [2.24, 2.45) is 0 Å². The Morgan fingerprint density at radius 3 is 2.08 bits per heavy atom. The Morgan fingerprint density at radius 1 is 1.42 bits per heavy atom. The van der Waals surface area contributed by atoms with Crippen LogP contribution in [-0.4, -0.2) is 24.7 Å². The van der Waals surface area contributed by atoms with Crippen molar-refractivity contribution in [2.75, 3.05) is 0 Å². The molecule has 0 aliphatic rings. The normalized spacial score (nSPS) is 9.83. The van der Waals surface area contributed by atoms with Crippen LogP contribution in [0, 0.1) is 0 Å². The van der Waals surface area contributed by atoms with Crippen molar-refractivity contribution in [2.45, 2.75) is 13.3 Å². The second kappa shape index (κ2) is 6.19. The molecule has 0 saturated heterocycles. The van der Waals surface area contributed by atoms with E-state index in [-0.39, 0.29) is 51.4 Å². The molecular formula is C4H6KNO5S. The quantitative estimate of drug-likeness (QED) is 0.293. The zero-order chi connectivity index (χ0) is 9.07. The van der Waals surface area contributed by atoms with E-state index in [1.807, 2.05) is 0 Å². The molecular weight excluding hydrogens is 213 g/mol. The predicted octanol–water partition coefficient (Wildman–Crippen LogP) is -4.45. The van der Waals surface area contributed by atoms with Gasteiger partial charge in [0.2, 0.25) is 5.91 Å². The van der Waals surface area contributed by atoms with Gasteiger partial charge in [-0.2, -0.15) is 0 Å². The molecule has 0 aliphatic heterocycles. The van der Waals surface area contributed by atoms with Crippen molar-refractivity contribution >= 4 is 22.0 Å². The van der Waals surface area contributed by atoms with E-state index in [4.69, 9.17) is 0 Å². The molecule has 0 aliphatic carbocycles. The fourth-order valence-corrected chi connectivity index (χ4v) is 0.753. The zero-order valence-corrected chi connectivity index (χ0v) is 10.6. The third-order valence-corrected chi connectivity index (χ3v) is 1.13. The zero-order valence-electron chi connectivity index (χ0n) is 6.66. The van der Waals surface area contributed by atoms with Crippen LogP contribution >= 0.6 is 0 Å². The maximum atomic E-state index is 10.4. The van der Waals surface area contributed by atoms with Crippen molar-refractivity contribution < 1.29 is 73.9 Å². The SMILES string of the molecule is CC(=O)CC(=O)NS(=O)(=O)[O-].[K+]. The molecule has 0 rings (SSSR count). The second-order valence-corrected chi connectivity index (χ2v) is 2.97. The van der Waals surface area contributed by atoms with Gasteiger partial charge in [-0.15, -0.1) is 0 Å². The van der Waals surface area contributed by atoms with Crippen LogP contribution in [0.15, 0.2) is 0 Å². The van der Waals surface area contributed by atoms with Gasteiger partial charge in [0.05, 0.1) is 6.42 Å². The number of Topliss-reactive ketones (excluding diaryl/α,β-unsaturated/α-hetero) is 1. The number of carbonyl (C=O) groups excluding carboxylic acids is 2. The molecule has 0 aromatic heterocycles. The Balaban J connectivity index is 0. The number of amides is 1. The minimum absolute atomic E-state index is 0. The van der Waals surface area contributed by atoms with Crippen LogP contribution in [0.3, 0.4) is 0 Å². The molecule has 0 aromatic rings. The molecule has 0 atom stereocenters. The topological polar surface area (TPSA) is 103 Å². The molecule has 6 nitrogen and oxygen atoms in total. The summed E-state index contributed by atoms with van der Waals surface area (Å²) in [6.07, 6.45) is -0.596. The fourth-order valence-electron chi connectivity index (χ4n) is 0.402. The molecule has 1 amide bonds. The molecule has 0 unspecified atom stereocenters. The minimum Gasteiger partial charge on any atom is -0.731 e. The van der Waals surface area contributed by atoms with Gasteiger partial charge in [0, 0.05) is 0 Å². The predicted molar refractivity (Wildman–Crippen MR) is 33.1 cm³/mol. The van der Waals surface area contributed by atoms with Gasteiger partial charge < -0.3 is 4.55 Å². The van der Waals surface area contributed by atoms with Gasteiger partial charge in [0.15, 0.2) is 10.3 Å². The number of ketones is 1. The molecule has 0 spiro atoms. The molecule has 0 heterocycles. The number of hydrogen-bond donors (Lipinski definition) is 1. The van der Waals surface area contributed by atoms with E-state index in [1.54, 1.807) is 0 Å². The van der Waals surface area contributed by atoms with E-state index in [1.165, 1.54) is 0 Å². The van der Waals surface area contributed by atoms with Gasteiger partial charge >= 0.3 is 51.4 Å². The smallest absolute Gasteiger partial charge is 0.731 e. The maximum Gasteiger partial charge on any atom is 1.00 e. The summed E-state index contributed by atoms with van der Waals surface area (Å²) in [5, 5.41) is 0. The molecule has 0 aromatic carbocycles. The van der Waals surface area contributed by atoms with Gasteiger partial charge in [-0.05, 0) is 6.92 Å². The van der Waals surface area contributed by atoms with E-state index >= 15 is 0 Å². The van der Waals surface area contributed by atoms with E-state index in [0.29, 0.717) is 0 Å². The fraction of sp³-hybridized carbons (Fsp3) is 0.500. The molecule has 1 N–H and O–H groups in total. The summed E-state index contributed by atoms with van der Waals surface area (Å²) in [5.41, 5.74) is 0. The first kappa shape index (κ1) is 15.2. The van der Waals surface area contributed by atoms with Crippen molar-refractivity contribution in [3.05, 3.63) is 0 Å². The van der Waals surface area contributed by atoms with Crippen molar-refractivity contribution in [3.8, 4) is 0 Å². The van der Waals surface area contributed by atoms with Crippen LogP contribution in [0.4, 0.5) is 0 Å². The minimum atomic E-state index is -4.77. The summed E-state index contributed by atoms with van der Waals surface area (Å²) in [5.74, 6) is -1.61. The number of nitrogens with one attached hydrogen (secondary N) is 1. The van der Waals surface area contributed by atoms with Gasteiger partial charge in [-0.25, -0.2) is 8.42 Å². The maximum absolute atomic E-state index is 10.4. The Labute approximate surface area is 112 Å². The van der Waals surface area contributed by atoms with E-state index in [9.17, 15) is 22.6 Å².